The molecular formula is C29H30ClN3O4S. The Morgan fingerprint density at radius 1 is 1.05 bits per heavy atom. The fourth-order valence-corrected chi connectivity index (χ4v) is 6.60. The van der Waals surface area contributed by atoms with E-state index in [0.29, 0.717) is 22.2 Å². The lowest BCUT2D eigenvalue weighted by molar-refractivity contribution is 0.0291. The maximum Gasteiger partial charge on any atom is 0.266 e. The zero-order valence-corrected chi connectivity index (χ0v) is 22.6. The van der Waals surface area contributed by atoms with Crippen molar-refractivity contribution in [2.75, 3.05) is 12.3 Å². The third kappa shape index (κ3) is 5.36. The predicted molar refractivity (Wildman–Crippen MR) is 151 cm³/mol. The van der Waals surface area contributed by atoms with Gasteiger partial charge in [0.1, 0.15) is 10.6 Å². The molecule has 0 saturated heterocycles. The van der Waals surface area contributed by atoms with Crippen LogP contribution in [0.4, 0.5) is 5.69 Å². The number of fused-ring (bicyclic) bond motifs is 1. The smallest absolute Gasteiger partial charge is 0.266 e. The Balaban J connectivity index is 1.52. The molecular weight excluding hydrogens is 522 g/mol. The Labute approximate surface area is 230 Å². The van der Waals surface area contributed by atoms with Crippen LogP contribution in [0.15, 0.2) is 66.7 Å². The normalized spacial score (nSPS) is 17.4. The molecule has 38 heavy (non-hydrogen) atoms. The molecule has 4 aromatic rings. The lowest BCUT2D eigenvalue weighted by Gasteiger charge is -2.36. The fourth-order valence-electron chi connectivity index (χ4n) is 5.14. The highest BCUT2D eigenvalue weighted by Gasteiger charge is 2.31. The Hall–Kier alpha value is -3.14. The van der Waals surface area contributed by atoms with E-state index in [1.165, 1.54) is 11.3 Å². The van der Waals surface area contributed by atoms with Crippen LogP contribution in [0.3, 0.4) is 0 Å². The van der Waals surface area contributed by atoms with E-state index < -0.39 is 0 Å². The SMILES string of the molecule is COc1ccc(CN(C(=O)c2sc3ccccc3c2Cl)[C@H]2CC[C@H](N)CC2)cc1-c1cccc(N(O)O)c1. The van der Waals surface area contributed by atoms with Crippen molar-refractivity contribution in [2.45, 2.75) is 44.3 Å². The first-order valence-electron chi connectivity index (χ1n) is 12.5. The number of anilines is 1. The van der Waals surface area contributed by atoms with Gasteiger partial charge in [-0.05, 0) is 67.1 Å². The number of carbonyl (C=O) groups is 1. The van der Waals surface area contributed by atoms with E-state index in [1.807, 2.05) is 53.4 Å². The second-order valence-corrected chi connectivity index (χ2v) is 11.0. The summed E-state index contributed by atoms with van der Waals surface area (Å²) in [7, 11) is 1.59. The summed E-state index contributed by atoms with van der Waals surface area (Å²) in [6.07, 6.45) is 3.41. The number of halogens is 1. The third-order valence-electron chi connectivity index (χ3n) is 7.18. The highest BCUT2D eigenvalue weighted by Crippen LogP contribution is 2.38. The number of carbonyl (C=O) groups excluding carboxylic acids is 1. The molecule has 1 aromatic heterocycles. The molecule has 3 aromatic carbocycles. The second kappa shape index (κ2) is 11.3. The molecule has 0 radical (unpaired) electrons. The lowest BCUT2D eigenvalue weighted by Crippen LogP contribution is -2.43. The molecule has 1 heterocycles. The first-order valence-corrected chi connectivity index (χ1v) is 13.7. The molecule has 0 unspecified atom stereocenters. The summed E-state index contributed by atoms with van der Waals surface area (Å²) in [5.41, 5.74) is 8.88. The van der Waals surface area contributed by atoms with Crippen molar-refractivity contribution in [3.63, 3.8) is 0 Å². The van der Waals surface area contributed by atoms with Gasteiger partial charge in [-0.3, -0.25) is 15.2 Å². The minimum absolute atomic E-state index is 0.0507. The van der Waals surface area contributed by atoms with Crippen LogP contribution >= 0.6 is 22.9 Å². The average Bonchev–Trinajstić information content (AvgIpc) is 3.28. The first kappa shape index (κ1) is 26.5. The molecule has 1 amide bonds. The van der Waals surface area contributed by atoms with Crippen LogP contribution in [0, 0.1) is 0 Å². The Kier molecular flexibility index (Phi) is 7.88. The Morgan fingerprint density at radius 3 is 2.53 bits per heavy atom. The maximum atomic E-state index is 14.1. The average molecular weight is 552 g/mol. The molecule has 5 rings (SSSR count). The standard InChI is InChI=1S/C29H30ClN3O4S/c1-37-25-14-9-18(15-24(25)19-5-4-6-22(16-19)33(35)36)17-32(21-12-10-20(31)11-13-21)29(34)28-27(30)23-7-2-3-8-26(23)38-28/h2-9,14-16,20-21,35-36H,10-13,17,31H2,1H3/t20-,21-. The van der Waals surface area contributed by atoms with Crippen molar-refractivity contribution in [3.8, 4) is 16.9 Å². The number of ether oxygens (including phenoxy) is 1. The van der Waals surface area contributed by atoms with Crippen LogP contribution in [-0.2, 0) is 6.54 Å². The number of thiophene rings is 1. The third-order valence-corrected chi connectivity index (χ3v) is 8.84. The van der Waals surface area contributed by atoms with Crippen molar-refractivity contribution in [1.29, 1.82) is 0 Å². The van der Waals surface area contributed by atoms with Gasteiger partial charge in [0.25, 0.3) is 5.91 Å². The summed E-state index contributed by atoms with van der Waals surface area (Å²) < 4.78 is 6.59. The first-order chi connectivity index (χ1) is 18.4. The summed E-state index contributed by atoms with van der Waals surface area (Å²) in [5.74, 6) is 0.564. The van der Waals surface area contributed by atoms with Crippen LogP contribution in [0.25, 0.3) is 21.2 Å². The molecule has 0 spiro atoms. The number of hydrogen-bond donors (Lipinski definition) is 3. The summed E-state index contributed by atoms with van der Waals surface area (Å²) in [4.78, 5) is 16.5. The molecule has 1 aliphatic rings. The predicted octanol–water partition coefficient (Wildman–Crippen LogP) is 6.73. The quantitative estimate of drug-likeness (QED) is 0.220. The molecule has 0 aliphatic heterocycles. The van der Waals surface area contributed by atoms with E-state index in [0.717, 1.165) is 52.5 Å². The zero-order valence-electron chi connectivity index (χ0n) is 21.0. The molecule has 7 nitrogen and oxygen atoms in total. The van der Waals surface area contributed by atoms with E-state index in [9.17, 15) is 15.2 Å². The maximum absolute atomic E-state index is 14.1. The number of hydrogen-bond acceptors (Lipinski definition) is 7. The monoisotopic (exact) mass is 551 g/mol. The summed E-state index contributed by atoms with van der Waals surface area (Å²) in [6.45, 7) is 0.395. The number of benzene rings is 3. The van der Waals surface area contributed by atoms with Crippen LogP contribution in [0.2, 0.25) is 5.02 Å². The molecule has 0 bridgehead atoms. The van der Waals surface area contributed by atoms with E-state index in [2.05, 4.69) is 0 Å². The number of rotatable bonds is 7. The highest BCUT2D eigenvalue weighted by atomic mass is 35.5. The number of methoxy groups -OCH3 is 1. The van der Waals surface area contributed by atoms with E-state index in [1.54, 1.807) is 25.3 Å². The van der Waals surface area contributed by atoms with Crippen molar-refractivity contribution in [1.82, 2.24) is 4.90 Å². The minimum Gasteiger partial charge on any atom is -0.496 e. The van der Waals surface area contributed by atoms with Crippen molar-refractivity contribution in [3.05, 3.63) is 82.2 Å². The molecule has 0 atom stereocenters. The summed E-state index contributed by atoms with van der Waals surface area (Å²) >= 11 is 8.15. The topological polar surface area (TPSA) is 99.3 Å². The zero-order chi connectivity index (χ0) is 26.8. The second-order valence-electron chi connectivity index (χ2n) is 9.62. The molecule has 1 fully saturated rings. The largest absolute Gasteiger partial charge is 0.496 e. The molecule has 4 N–H and O–H groups in total. The van der Waals surface area contributed by atoms with Crippen molar-refractivity contribution in [2.24, 2.45) is 5.73 Å². The fraction of sp³-hybridized carbons (Fsp3) is 0.276. The number of amides is 1. The summed E-state index contributed by atoms with van der Waals surface area (Å²) in [6, 6.07) is 20.7. The van der Waals surface area contributed by atoms with Gasteiger partial charge in [-0.2, -0.15) is 0 Å². The van der Waals surface area contributed by atoms with Gasteiger partial charge in [0.05, 0.1) is 17.8 Å². The number of nitrogens with two attached hydrogens (primary N) is 1. The molecule has 1 saturated carbocycles. The van der Waals surface area contributed by atoms with Gasteiger partial charge in [-0.1, -0.05) is 48.0 Å². The van der Waals surface area contributed by atoms with Crippen LogP contribution < -0.4 is 15.7 Å². The van der Waals surface area contributed by atoms with E-state index >= 15 is 0 Å². The lowest BCUT2D eigenvalue weighted by atomic mass is 9.90. The molecule has 198 valence electrons. The van der Waals surface area contributed by atoms with E-state index in [-0.39, 0.29) is 28.9 Å². The van der Waals surface area contributed by atoms with E-state index in [4.69, 9.17) is 22.1 Å². The van der Waals surface area contributed by atoms with Crippen LogP contribution in [0.1, 0.15) is 40.9 Å². The van der Waals surface area contributed by atoms with Gasteiger partial charge in [-0.15, -0.1) is 16.6 Å². The molecule has 1 aliphatic carbocycles. The van der Waals surface area contributed by atoms with Crippen molar-refractivity contribution < 1.29 is 19.9 Å². The van der Waals surface area contributed by atoms with Gasteiger partial charge in [0.2, 0.25) is 0 Å². The van der Waals surface area contributed by atoms with Gasteiger partial charge in [0, 0.05) is 34.3 Å². The van der Waals surface area contributed by atoms with Crippen LogP contribution in [-0.4, -0.2) is 40.4 Å². The minimum atomic E-state index is -0.0766. The van der Waals surface area contributed by atoms with Gasteiger partial charge in [0.15, 0.2) is 0 Å². The Morgan fingerprint density at radius 2 is 1.82 bits per heavy atom. The van der Waals surface area contributed by atoms with Crippen molar-refractivity contribution >= 4 is 44.6 Å². The Bertz CT molecular complexity index is 1450. The van der Waals surface area contributed by atoms with Gasteiger partial charge < -0.3 is 15.4 Å². The van der Waals surface area contributed by atoms with Crippen LogP contribution in [0.5, 0.6) is 5.75 Å². The summed E-state index contributed by atoms with van der Waals surface area (Å²) in [5, 5.41) is 20.5. The molecule has 9 heteroatoms. The highest BCUT2D eigenvalue weighted by molar-refractivity contribution is 7.21. The van der Waals surface area contributed by atoms with Gasteiger partial charge in [-0.25, -0.2) is 0 Å². The van der Waals surface area contributed by atoms with Gasteiger partial charge >= 0.3 is 0 Å². The number of nitrogens with zero attached hydrogens (tertiary/aromatic N) is 2.